The minimum atomic E-state index is 0.0685. The lowest BCUT2D eigenvalue weighted by molar-refractivity contribution is 0.977. The lowest BCUT2D eigenvalue weighted by Crippen LogP contribution is -2.04. The summed E-state index contributed by atoms with van der Waals surface area (Å²) in [6.07, 6.45) is 0. The summed E-state index contributed by atoms with van der Waals surface area (Å²) in [7, 11) is 0. The maximum atomic E-state index is 6.42. The molecule has 0 amide bonds. The molecule has 3 aromatic carbocycles. The van der Waals surface area contributed by atoms with Gasteiger partial charge in [-0.3, -0.25) is 0 Å². The Morgan fingerprint density at radius 1 is 0.714 bits per heavy atom. The molecular weight excluding hydrogens is 299 g/mol. The molecule has 0 aliphatic heterocycles. The Balaban J connectivity index is 2.17. The zero-order valence-corrected chi connectivity index (χ0v) is 12.7. The molecule has 0 bridgehead atoms. The first kappa shape index (κ1) is 14.2. The molecule has 0 saturated carbocycles. The SMILES string of the molecule is Clc1ccc(C(c2cc[c]cc2)c2cc[c]cc2)c(Cl)c1. The van der Waals surface area contributed by atoms with Gasteiger partial charge in [-0.2, -0.15) is 0 Å². The maximum absolute atomic E-state index is 6.42. The van der Waals surface area contributed by atoms with E-state index in [1.54, 1.807) is 6.07 Å². The predicted octanol–water partition coefficient (Wildman–Crippen LogP) is 5.77. The smallest absolute Gasteiger partial charge is 0.0462 e. The highest BCUT2D eigenvalue weighted by atomic mass is 35.5. The van der Waals surface area contributed by atoms with Crippen LogP contribution in [0.2, 0.25) is 10.0 Å². The van der Waals surface area contributed by atoms with Gasteiger partial charge in [0, 0.05) is 16.0 Å². The van der Waals surface area contributed by atoms with Crippen molar-refractivity contribution >= 4 is 23.2 Å². The van der Waals surface area contributed by atoms with Gasteiger partial charge in [-0.1, -0.05) is 77.8 Å². The fourth-order valence-electron chi connectivity index (χ4n) is 2.47. The predicted molar refractivity (Wildman–Crippen MR) is 88.0 cm³/mol. The minimum Gasteiger partial charge on any atom is -0.0843 e. The Morgan fingerprint density at radius 2 is 1.24 bits per heavy atom. The van der Waals surface area contributed by atoms with E-state index in [9.17, 15) is 0 Å². The fourth-order valence-corrected chi connectivity index (χ4v) is 2.99. The lowest BCUT2D eigenvalue weighted by Gasteiger charge is -2.20. The van der Waals surface area contributed by atoms with Crippen LogP contribution >= 0.6 is 23.2 Å². The molecule has 0 heterocycles. The van der Waals surface area contributed by atoms with Crippen molar-refractivity contribution in [1.82, 2.24) is 0 Å². The monoisotopic (exact) mass is 310 g/mol. The van der Waals surface area contributed by atoms with Crippen LogP contribution in [0.1, 0.15) is 22.6 Å². The van der Waals surface area contributed by atoms with Crippen LogP contribution in [0.3, 0.4) is 0 Å². The van der Waals surface area contributed by atoms with Crippen LogP contribution in [0.5, 0.6) is 0 Å². The summed E-state index contributed by atoms with van der Waals surface area (Å²) >= 11 is 12.4. The van der Waals surface area contributed by atoms with E-state index in [0.29, 0.717) is 10.0 Å². The minimum absolute atomic E-state index is 0.0685. The Kier molecular flexibility index (Phi) is 4.28. The molecule has 0 aromatic heterocycles. The zero-order valence-electron chi connectivity index (χ0n) is 11.2. The van der Waals surface area contributed by atoms with Crippen LogP contribution < -0.4 is 0 Å². The molecule has 0 aliphatic rings. The summed E-state index contributed by atoms with van der Waals surface area (Å²) in [5.41, 5.74) is 3.38. The highest BCUT2D eigenvalue weighted by Gasteiger charge is 2.19. The highest BCUT2D eigenvalue weighted by Crippen LogP contribution is 2.36. The van der Waals surface area contributed by atoms with E-state index in [0.717, 1.165) is 5.56 Å². The lowest BCUT2D eigenvalue weighted by atomic mass is 9.85. The van der Waals surface area contributed by atoms with Crippen molar-refractivity contribution in [2.24, 2.45) is 0 Å². The van der Waals surface area contributed by atoms with Crippen LogP contribution in [-0.2, 0) is 0 Å². The molecule has 0 spiro atoms. The molecule has 2 radical (unpaired) electrons. The molecule has 0 N–H and O–H groups in total. The average molecular weight is 311 g/mol. The van der Waals surface area contributed by atoms with E-state index in [2.05, 4.69) is 36.4 Å². The first-order chi connectivity index (χ1) is 10.3. The Labute approximate surface area is 135 Å². The molecule has 0 saturated heterocycles. The van der Waals surface area contributed by atoms with Crippen LogP contribution in [0.15, 0.2) is 66.7 Å². The van der Waals surface area contributed by atoms with Gasteiger partial charge in [0.05, 0.1) is 0 Å². The zero-order chi connectivity index (χ0) is 14.7. The summed E-state index contributed by atoms with van der Waals surface area (Å²) in [6.45, 7) is 0. The number of benzene rings is 3. The summed E-state index contributed by atoms with van der Waals surface area (Å²) in [5, 5.41) is 1.32. The van der Waals surface area contributed by atoms with Crippen LogP contribution in [0.25, 0.3) is 0 Å². The first-order valence-electron chi connectivity index (χ1n) is 6.62. The van der Waals surface area contributed by atoms with Crippen molar-refractivity contribution in [2.45, 2.75) is 5.92 Å². The highest BCUT2D eigenvalue weighted by molar-refractivity contribution is 6.35. The second-order valence-corrected chi connectivity index (χ2v) is 5.61. The average Bonchev–Trinajstić information content (AvgIpc) is 2.52. The third kappa shape index (κ3) is 3.12. The molecule has 0 fully saturated rings. The standard InChI is InChI=1S/C19H12Cl2/c20-16-11-12-17(18(21)13-16)19(14-7-3-1-4-8-14)15-9-5-2-6-10-15/h3-13,19H. The van der Waals surface area contributed by atoms with Gasteiger partial charge in [0.2, 0.25) is 0 Å². The van der Waals surface area contributed by atoms with Crippen molar-refractivity contribution in [3.8, 4) is 0 Å². The molecule has 0 nitrogen and oxygen atoms in total. The second kappa shape index (κ2) is 6.34. The summed E-state index contributed by atoms with van der Waals surface area (Å²) < 4.78 is 0. The number of hydrogen-bond donors (Lipinski definition) is 0. The van der Waals surface area contributed by atoms with Gasteiger partial charge >= 0.3 is 0 Å². The molecule has 0 unspecified atom stereocenters. The summed E-state index contributed by atoms with van der Waals surface area (Å²) in [5.74, 6) is 0.0685. The normalized spacial score (nSPS) is 10.8. The van der Waals surface area contributed by atoms with E-state index in [-0.39, 0.29) is 5.92 Å². The Bertz CT molecular complexity index is 682. The van der Waals surface area contributed by atoms with Gasteiger partial charge in [-0.05, 0) is 41.0 Å². The van der Waals surface area contributed by atoms with Crippen molar-refractivity contribution < 1.29 is 0 Å². The van der Waals surface area contributed by atoms with Gasteiger partial charge in [-0.15, -0.1) is 0 Å². The summed E-state index contributed by atoms with van der Waals surface area (Å²) in [4.78, 5) is 0. The van der Waals surface area contributed by atoms with Crippen LogP contribution in [0.4, 0.5) is 0 Å². The number of rotatable bonds is 3. The number of hydrogen-bond acceptors (Lipinski definition) is 0. The van der Waals surface area contributed by atoms with Gasteiger partial charge in [0.25, 0.3) is 0 Å². The van der Waals surface area contributed by atoms with E-state index in [4.69, 9.17) is 23.2 Å². The Hall–Kier alpha value is -1.76. The quantitative estimate of drug-likeness (QED) is 0.538. The van der Waals surface area contributed by atoms with E-state index in [1.165, 1.54) is 11.1 Å². The molecular formula is C19H12Cl2. The maximum Gasteiger partial charge on any atom is 0.0462 e. The molecule has 3 aromatic rings. The topological polar surface area (TPSA) is 0 Å². The van der Waals surface area contributed by atoms with E-state index in [1.807, 2.05) is 36.4 Å². The third-order valence-electron chi connectivity index (χ3n) is 3.43. The largest absolute Gasteiger partial charge is 0.0843 e. The van der Waals surface area contributed by atoms with Crippen molar-refractivity contribution in [2.75, 3.05) is 0 Å². The Morgan fingerprint density at radius 3 is 1.71 bits per heavy atom. The molecule has 0 aliphatic carbocycles. The van der Waals surface area contributed by atoms with Gasteiger partial charge in [0.1, 0.15) is 0 Å². The van der Waals surface area contributed by atoms with Crippen molar-refractivity contribution in [1.29, 1.82) is 0 Å². The number of halogens is 2. The van der Waals surface area contributed by atoms with Gasteiger partial charge in [0.15, 0.2) is 0 Å². The van der Waals surface area contributed by atoms with Crippen LogP contribution in [0, 0.1) is 12.1 Å². The molecule has 102 valence electrons. The summed E-state index contributed by atoms with van der Waals surface area (Å²) in [6, 6.07) is 27.7. The fraction of sp³-hybridized carbons (Fsp3) is 0.0526. The molecule has 2 heteroatoms. The van der Waals surface area contributed by atoms with E-state index >= 15 is 0 Å². The van der Waals surface area contributed by atoms with Gasteiger partial charge in [-0.25, -0.2) is 0 Å². The molecule has 21 heavy (non-hydrogen) atoms. The van der Waals surface area contributed by atoms with Gasteiger partial charge < -0.3 is 0 Å². The molecule has 0 atom stereocenters. The van der Waals surface area contributed by atoms with Crippen LogP contribution in [-0.4, -0.2) is 0 Å². The first-order valence-corrected chi connectivity index (χ1v) is 7.38. The van der Waals surface area contributed by atoms with E-state index < -0.39 is 0 Å². The van der Waals surface area contributed by atoms with Crippen molar-refractivity contribution in [3.05, 3.63) is 106 Å². The second-order valence-electron chi connectivity index (χ2n) is 4.77. The van der Waals surface area contributed by atoms with Crippen molar-refractivity contribution in [3.63, 3.8) is 0 Å². The third-order valence-corrected chi connectivity index (χ3v) is 3.99. The molecule has 3 rings (SSSR count).